The predicted molar refractivity (Wildman–Crippen MR) is 88.5 cm³/mol. The molecule has 22 heavy (non-hydrogen) atoms. The topological polar surface area (TPSA) is 47.9 Å². The van der Waals surface area contributed by atoms with Gasteiger partial charge in [0.25, 0.3) is 0 Å². The SMILES string of the molecule is CCCCCCc1ccc(OCCOCCOCCO)cc1. The molecule has 0 atom stereocenters. The van der Waals surface area contributed by atoms with Crippen LogP contribution in [0.4, 0.5) is 0 Å². The number of hydrogen-bond acceptors (Lipinski definition) is 4. The largest absolute Gasteiger partial charge is 0.491 e. The van der Waals surface area contributed by atoms with Crippen molar-refractivity contribution in [1.29, 1.82) is 0 Å². The second kappa shape index (κ2) is 13.6. The summed E-state index contributed by atoms with van der Waals surface area (Å²) in [4.78, 5) is 0. The second-order valence-electron chi connectivity index (χ2n) is 5.25. The van der Waals surface area contributed by atoms with Gasteiger partial charge in [0.05, 0.1) is 33.0 Å². The summed E-state index contributed by atoms with van der Waals surface area (Å²) < 4.78 is 16.1. The quantitative estimate of drug-likeness (QED) is 0.536. The summed E-state index contributed by atoms with van der Waals surface area (Å²) in [5.41, 5.74) is 1.38. The highest BCUT2D eigenvalue weighted by molar-refractivity contribution is 5.27. The highest BCUT2D eigenvalue weighted by Crippen LogP contribution is 2.14. The van der Waals surface area contributed by atoms with E-state index in [4.69, 9.17) is 19.3 Å². The Hall–Kier alpha value is -1.10. The average Bonchev–Trinajstić information content (AvgIpc) is 2.55. The van der Waals surface area contributed by atoms with Crippen LogP contribution in [0, 0.1) is 0 Å². The molecule has 0 unspecified atom stereocenters. The summed E-state index contributed by atoms with van der Waals surface area (Å²) in [6, 6.07) is 8.34. The van der Waals surface area contributed by atoms with E-state index in [-0.39, 0.29) is 6.61 Å². The Morgan fingerprint density at radius 2 is 1.50 bits per heavy atom. The summed E-state index contributed by atoms with van der Waals surface area (Å²) in [5, 5.41) is 8.54. The Balaban J connectivity index is 2.04. The summed E-state index contributed by atoms with van der Waals surface area (Å²) in [5.74, 6) is 0.887. The van der Waals surface area contributed by atoms with Gasteiger partial charge in [-0.15, -0.1) is 0 Å². The maximum Gasteiger partial charge on any atom is 0.119 e. The zero-order chi connectivity index (χ0) is 15.9. The molecule has 0 bridgehead atoms. The van der Waals surface area contributed by atoms with Gasteiger partial charge in [0.2, 0.25) is 0 Å². The van der Waals surface area contributed by atoms with Crippen molar-refractivity contribution < 1.29 is 19.3 Å². The highest BCUT2D eigenvalue weighted by atomic mass is 16.5. The lowest BCUT2D eigenvalue weighted by Crippen LogP contribution is -2.11. The molecule has 0 aliphatic rings. The summed E-state index contributed by atoms with van der Waals surface area (Å²) in [6.45, 7) is 4.77. The standard InChI is InChI=1S/C18H30O4/c1-2-3-4-5-6-17-7-9-18(10-8-17)22-16-15-21-14-13-20-12-11-19/h7-10,19H,2-6,11-16H2,1H3. The number of ether oxygens (including phenoxy) is 3. The molecule has 0 fully saturated rings. The molecule has 1 aromatic rings. The molecule has 1 N–H and O–H groups in total. The van der Waals surface area contributed by atoms with Gasteiger partial charge < -0.3 is 19.3 Å². The number of rotatable bonds is 14. The Kier molecular flexibility index (Phi) is 11.7. The van der Waals surface area contributed by atoms with Gasteiger partial charge in [-0.2, -0.15) is 0 Å². The lowest BCUT2D eigenvalue weighted by atomic mass is 10.1. The van der Waals surface area contributed by atoms with Gasteiger partial charge in [0.15, 0.2) is 0 Å². The van der Waals surface area contributed by atoms with Crippen LogP contribution >= 0.6 is 0 Å². The van der Waals surface area contributed by atoms with Crippen LogP contribution in [0.2, 0.25) is 0 Å². The van der Waals surface area contributed by atoms with Gasteiger partial charge in [-0.1, -0.05) is 38.3 Å². The lowest BCUT2D eigenvalue weighted by molar-refractivity contribution is 0.0247. The third-order valence-corrected chi connectivity index (χ3v) is 3.35. The van der Waals surface area contributed by atoms with E-state index in [0.29, 0.717) is 33.0 Å². The van der Waals surface area contributed by atoms with E-state index in [1.54, 1.807) is 0 Å². The van der Waals surface area contributed by atoms with Crippen molar-refractivity contribution in [3.05, 3.63) is 29.8 Å². The molecular weight excluding hydrogens is 280 g/mol. The second-order valence-corrected chi connectivity index (χ2v) is 5.25. The first-order valence-electron chi connectivity index (χ1n) is 8.35. The van der Waals surface area contributed by atoms with Crippen molar-refractivity contribution in [3.8, 4) is 5.75 Å². The average molecular weight is 310 g/mol. The molecule has 0 saturated heterocycles. The summed E-state index contributed by atoms with van der Waals surface area (Å²) in [6.07, 6.45) is 6.33. The van der Waals surface area contributed by atoms with Gasteiger partial charge in [-0.25, -0.2) is 0 Å². The molecule has 4 nitrogen and oxygen atoms in total. The van der Waals surface area contributed by atoms with Gasteiger partial charge in [0.1, 0.15) is 12.4 Å². The Morgan fingerprint density at radius 1 is 0.818 bits per heavy atom. The first kappa shape index (κ1) is 18.9. The normalized spacial score (nSPS) is 10.8. The number of hydrogen-bond donors (Lipinski definition) is 1. The summed E-state index contributed by atoms with van der Waals surface area (Å²) >= 11 is 0. The van der Waals surface area contributed by atoms with Gasteiger partial charge >= 0.3 is 0 Å². The van der Waals surface area contributed by atoms with Crippen LogP contribution < -0.4 is 4.74 Å². The van der Waals surface area contributed by atoms with Crippen LogP contribution in [0.5, 0.6) is 5.75 Å². The number of aryl methyl sites for hydroxylation is 1. The fourth-order valence-electron chi connectivity index (χ4n) is 2.11. The van der Waals surface area contributed by atoms with E-state index >= 15 is 0 Å². The van der Waals surface area contributed by atoms with Crippen LogP contribution in [0.3, 0.4) is 0 Å². The molecule has 4 heteroatoms. The van der Waals surface area contributed by atoms with Gasteiger partial charge in [0, 0.05) is 0 Å². The first-order chi connectivity index (χ1) is 10.9. The zero-order valence-corrected chi connectivity index (χ0v) is 13.8. The lowest BCUT2D eigenvalue weighted by Gasteiger charge is -2.08. The van der Waals surface area contributed by atoms with Crippen LogP contribution in [-0.2, 0) is 15.9 Å². The van der Waals surface area contributed by atoms with E-state index < -0.39 is 0 Å². The van der Waals surface area contributed by atoms with Crippen LogP contribution in [0.15, 0.2) is 24.3 Å². The minimum absolute atomic E-state index is 0.0533. The number of benzene rings is 1. The van der Waals surface area contributed by atoms with E-state index in [9.17, 15) is 0 Å². The number of aliphatic hydroxyl groups is 1. The fourth-order valence-corrected chi connectivity index (χ4v) is 2.11. The van der Waals surface area contributed by atoms with Gasteiger partial charge in [-0.3, -0.25) is 0 Å². The van der Waals surface area contributed by atoms with Crippen molar-refractivity contribution in [2.45, 2.75) is 39.0 Å². The first-order valence-corrected chi connectivity index (χ1v) is 8.35. The fraction of sp³-hybridized carbons (Fsp3) is 0.667. The van der Waals surface area contributed by atoms with Crippen LogP contribution in [0.25, 0.3) is 0 Å². The minimum Gasteiger partial charge on any atom is -0.491 e. The molecule has 1 rings (SSSR count). The highest BCUT2D eigenvalue weighted by Gasteiger charge is 1.97. The number of unbranched alkanes of at least 4 members (excludes halogenated alkanes) is 3. The molecule has 0 radical (unpaired) electrons. The molecular formula is C18H30O4. The maximum atomic E-state index is 8.54. The van der Waals surface area contributed by atoms with Crippen LogP contribution in [0.1, 0.15) is 38.2 Å². The Bertz CT molecular complexity index is 351. The van der Waals surface area contributed by atoms with Crippen LogP contribution in [-0.4, -0.2) is 44.7 Å². The Labute approximate surface area is 134 Å². The molecule has 0 spiro atoms. The molecule has 0 aromatic heterocycles. The maximum absolute atomic E-state index is 8.54. The van der Waals surface area contributed by atoms with Crippen molar-refractivity contribution in [2.24, 2.45) is 0 Å². The molecule has 0 aliphatic heterocycles. The van der Waals surface area contributed by atoms with Crippen molar-refractivity contribution in [3.63, 3.8) is 0 Å². The van der Waals surface area contributed by atoms with E-state index in [1.807, 2.05) is 12.1 Å². The molecule has 126 valence electrons. The smallest absolute Gasteiger partial charge is 0.119 e. The van der Waals surface area contributed by atoms with E-state index in [1.165, 1.54) is 31.2 Å². The van der Waals surface area contributed by atoms with E-state index in [0.717, 1.165) is 12.2 Å². The third-order valence-electron chi connectivity index (χ3n) is 3.35. The molecule has 1 aromatic carbocycles. The summed E-state index contributed by atoms with van der Waals surface area (Å²) in [7, 11) is 0. The molecule has 0 aliphatic carbocycles. The van der Waals surface area contributed by atoms with Gasteiger partial charge in [-0.05, 0) is 30.5 Å². The van der Waals surface area contributed by atoms with Crippen molar-refractivity contribution >= 4 is 0 Å². The van der Waals surface area contributed by atoms with E-state index in [2.05, 4.69) is 19.1 Å². The molecule has 0 amide bonds. The van der Waals surface area contributed by atoms with Crippen molar-refractivity contribution in [1.82, 2.24) is 0 Å². The molecule has 0 saturated carbocycles. The van der Waals surface area contributed by atoms with Crippen molar-refractivity contribution in [2.75, 3.05) is 39.6 Å². The third kappa shape index (κ3) is 9.77. The number of aliphatic hydroxyl groups excluding tert-OH is 1. The zero-order valence-electron chi connectivity index (χ0n) is 13.8. The predicted octanol–water partition coefficient (Wildman–Crippen LogP) is 3.21. The molecule has 0 heterocycles. The monoisotopic (exact) mass is 310 g/mol. The minimum atomic E-state index is 0.0533. The Morgan fingerprint density at radius 3 is 2.18 bits per heavy atom.